The van der Waals surface area contributed by atoms with E-state index in [4.69, 9.17) is 4.74 Å². The van der Waals surface area contributed by atoms with Crippen molar-refractivity contribution in [2.75, 3.05) is 26.2 Å². The lowest BCUT2D eigenvalue weighted by Crippen LogP contribution is -2.57. The van der Waals surface area contributed by atoms with Crippen LogP contribution in [0.3, 0.4) is 0 Å². The summed E-state index contributed by atoms with van der Waals surface area (Å²) >= 11 is 0. The van der Waals surface area contributed by atoms with E-state index in [1.807, 2.05) is 35.2 Å². The third kappa shape index (κ3) is 6.43. The number of aliphatic hydroxyl groups excluding tert-OH is 1. The summed E-state index contributed by atoms with van der Waals surface area (Å²) in [4.78, 5) is 26.3. The molecule has 2 fully saturated rings. The van der Waals surface area contributed by atoms with Gasteiger partial charge in [-0.1, -0.05) is 49.4 Å². The molecule has 1 amide bonds. The molecule has 0 bridgehead atoms. The molecule has 3 atom stereocenters. The maximum Gasteiger partial charge on any atom is 0.235 e. The number of likely N-dealkylation sites (tertiary alicyclic amines) is 1. The van der Waals surface area contributed by atoms with Crippen LogP contribution in [0.2, 0.25) is 0 Å². The zero-order valence-corrected chi connectivity index (χ0v) is 22.2. The summed E-state index contributed by atoms with van der Waals surface area (Å²) in [7, 11) is 0. The number of amides is 1. The Morgan fingerprint density at radius 3 is 2.68 bits per heavy atom. The van der Waals surface area contributed by atoms with Crippen LogP contribution in [0.25, 0.3) is 0 Å². The van der Waals surface area contributed by atoms with Gasteiger partial charge in [0.1, 0.15) is 23.3 Å². The Balaban J connectivity index is 1.25. The lowest BCUT2D eigenvalue weighted by atomic mass is 9.72. The Morgan fingerprint density at radius 2 is 2.00 bits per heavy atom. The van der Waals surface area contributed by atoms with Crippen molar-refractivity contribution in [3.8, 4) is 5.75 Å². The van der Waals surface area contributed by atoms with E-state index in [9.17, 15) is 14.7 Å². The molecule has 8 nitrogen and oxygen atoms in total. The highest BCUT2D eigenvalue weighted by molar-refractivity contribution is 5.84. The lowest BCUT2D eigenvalue weighted by Gasteiger charge is -2.48. The zero-order chi connectivity index (χ0) is 26.5. The second-order valence-corrected chi connectivity index (χ2v) is 11.0. The third-order valence-corrected chi connectivity index (χ3v) is 8.14. The fraction of sp³-hybridized carbons (Fsp3) is 0.533. The average molecular weight is 521 g/mol. The van der Waals surface area contributed by atoms with Gasteiger partial charge in [0.15, 0.2) is 0 Å². The fourth-order valence-electron chi connectivity index (χ4n) is 5.73. The highest BCUT2D eigenvalue weighted by atomic mass is 16.5. The topological polar surface area (TPSA) is 103 Å². The molecular weight excluding hydrogens is 480 g/mol. The van der Waals surface area contributed by atoms with E-state index in [0.29, 0.717) is 32.6 Å². The number of fused-ring (bicyclic) bond motifs is 1. The fourth-order valence-corrected chi connectivity index (χ4v) is 5.73. The molecule has 5 rings (SSSR count). The molecule has 204 valence electrons. The van der Waals surface area contributed by atoms with E-state index in [2.05, 4.69) is 41.1 Å². The Bertz CT molecular complexity index is 1120. The summed E-state index contributed by atoms with van der Waals surface area (Å²) in [5.74, 6) is 0.891. The number of aryl methyl sites for hydroxylation is 1. The number of hydrogen-bond acceptors (Lipinski definition) is 7. The molecular formula is C30H40N4O4. The van der Waals surface area contributed by atoms with Crippen LogP contribution < -0.4 is 20.7 Å². The monoisotopic (exact) mass is 520 g/mol. The van der Waals surface area contributed by atoms with Crippen LogP contribution in [0.5, 0.6) is 5.75 Å². The lowest BCUT2D eigenvalue weighted by molar-refractivity contribution is -0.124. The van der Waals surface area contributed by atoms with Crippen LogP contribution in [0, 0.1) is 0 Å². The predicted molar refractivity (Wildman–Crippen MR) is 146 cm³/mol. The highest BCUT2D eigenvalue weighted by Gasteiger charge is 2.45. The molecule has 4 N–H and O–H groups in total. The predicted octanol–water partition coefficient (Wildman–Crippen LogP) is 2.45. The molecule has 0 unspecified atom stereocenters. The van der Waals surface area contributed by atoms with Crippen molar-refractivity contribution in [2.24, 2.45) is 0 Å². The largest absolute Gasteiger partial charge is 0.487 e. The number of hydrogen-bond donors (Lipinski definition) is 4. The molecule has 0 aromatic heterocycles. The van der Waals surface area contributed by atoms with E-state index in [-0.39, 0.29) is 29.9 Å². The molecule has 3 aliphatic rings. The molecule has 2 aliphatic heterocycles. The third-order valence-electron chi connectivity index (χ3n) is 8.14. The number of rotatable bonds is 11. The summed E-state index contributed by atoms with van der Waals surface area (Å²) in [6.45, 7) is 4.02. The van der Waals surface area contributed by atoms with Gasteiger partial charge < -0.3 is 20.5 Å². The van der Waals surface area contributed by atoms with Gasteiger partial charge >= 0.3 is 0 Å². The number of carbonyl (C=O) groups is 2. The van der Waals surface area contributed by atoms with Gasteiger partial charge in [0.2, 0.25) is 5.91 Å². The molecule has 38 heavy (non-hydrogen) atoms. The normalized spacial score (nSPS) is 21.8. The second kappa shape index (κ2) is 11.9. The van der Waals surface area contributed by atoms with Crippen LogP contribution in [0.4, 0.5) is 0 Å². The average Bonchev–Trinajstić information content (AvgIpc) is 3.32. The Morgan fingerprint density at radius 1 is 1.18 bits per heavy atom. The minimum absolute atomic E-state index is 0.0706. The molecule has 1 saturated heterocycles. The van der Waals surface area contributed by atoms with Crippen molar-refractivity contribution >= 4 is 11.7 Å². The van der Waals surface area contributed by atoms with Crippen molar-refractivity contribution < 1.29 is 19.4 Å². The van der Waals surface area contributed by atoms with Gasteiger partial charge in [0.25, 0.3) is 0 Å². The first-order valence-electron chi connectivity index (χ1n) is 14.0. The van der Waals surface area contributed by atoms with Gasteiger partial charge in [0, 0.05) is 44.1 Å². The maximum absolute atomic E-state index is 12.9. The van der Waals surface area contributed by atoms with Gasteiger partial charge in [-0.05, 0) is 42.9 Å². The first-order valence-corrected chi connectivity index (χ1v) is 14.0. The van der Waals surface area contributed by atoms with Crippen molar-refractivity contribution in [3.63, 3.8) is 0 Å². The summed E-state index contributed by atoms with van der Waals surface area (Å²) < 4.78 is 6.45. The van der Waals surface area contributed by atoms with E-state index in [1.54, 1.807) is 0 Å². The molecule has 8 heteroatoms. The van der Waals surface area contributed by atoms with Crippen LogP contribution >= 0.6 is 0 Å². The van der Waals surface area contributed by atoms with Crippen LogP contribution in [0.1, 0.15) is 61.8 Å². The zero-order valence-electron chi connectivity index (χ0n) is 22.2. The van der Waals surface area contributed by atoms with Gasteiger partial charge in [-0.25, -0.2) is 0 Å². The Labute approximate surface area is 225 Å². The molecule has 2 aromatic carbocycles. The SMILES string of the molecule is CCc1ccc2c(c1)[C@H](NC[C@@H](O)[C@H](NCc1ccccc1)NC(=O)CN1CCC(=O)C1)CC1(CCC1)O2. The van der Waals surface area contributed by atoms with Gasteiger partial charge in [0.05, 0.1) is 19.2 Å². The van der Waals surface area contributed by atoms with Gasteiger partial charge in [-0.15, -0.1) is 0 Å². The summed E-state index contributed by atoms with van der Waals surface area (Å²) in [5.41, 5.74) is 3.36. The number of nitrogens with one attached hydrogen (secondary N) is 3. The van der Waals surface area contributed by atoms with Crippen molar-refractivity contribution in [1.82, 2.24) is 20.9 Å². The number of benzene rings is 2. The van der Waals surface area contributed by atoms with Crippen LogP contribution in [0.15, 0.2) is 48.5 Å². The van der Waals surface area contributed by atoms with Crippen molar-refractivity contribution in [1.29, 1.82) is 0 Å². The Kier molecular flexibility index (Phi) is 8.43. The Hall–Kier alpha value is -2.78. The number of nitrogens with zero attached hydrogens (tertiary/aromatic N) is 1. The second-order valence-electron chi connectivity index (χ2n) is 11.0. The highest BCUT2D eigenvalue weighted by Crippen LogP contribution is 2.49. The smallest absolute Gasteiger partial charge is 0.235 e. The number of ether oxygens (including phenoxy) is 1. The first-order chi connectivity index (χ1) is 18.4. The number of ketones is 1. The van der Waals surface area contributed by atoms with E-state index >= 15 is 0 Å². The molecule has 0 radical (unpaired) electrons. The molecule has 2 aromatic rings. The summed E-state index contributed by atoms with van der Waals surface area (Å²) in [6, 6.07) is 16.4. The quantitative estimate of drug-likeness (QED) is 0.338. The maximum atomic E-state index is 12.9. The summed E-state index contributed by atoms with van der Waals surface area (Å²) in [5, 5.41) is 21.2. The minimum atomic E-state index is -0.860. The summed E-state index contributed by atoms with van der Waals surface area (Å²) in [6.07, 6.45) is 4.10. The molecule has 1 spiro atoms. The molecule has 1 aliphatic carbocycles. The van der Waals surface area contributed by atoms with E-state index < -0.39 is 12.3 Å². The molecule has 2 heterocycles. The van der Waals surface area contributed by atoms with E-state index in [1.165, 1.54) is 12.0 Å². The minimum Gasteiger partial charge on any atom is -0.487 e. The molecule has 1 saturated carbocycles. The van der Waals surface area contributed by atoms with E-state index in [0.717, 1.165) is 42.6 Å². The number of Topliss-reactive ketones (excluding diaryl/α,β-unsaturated/α-hetero) is 1. The van der Waals surface area contributed by atoms with Crippen molar-refractivity contribution in [3.05, 3.63) is 65.2 Å². The van der Waals surface area contributed by atoms with Crippen molar-refractivity contribution in [2.45, 2.75) is 75.9 Å². The van der Waals surface area contributed by atoms with Crippen LogP contribution in [-0.2, 0) is 22.6 Å². The van der Waals surface area contributed by atoms with Gasteiger partial charge in [-0.3, -0.25) is 19.8 Å². The standard InChI is InChI=1S/C30H40N4O4/c1-2-21-9-10-27-24(15-21)25(16-30(38-27)12-6-13-30)31-18-26(36)29(32-17-22-7-4-3-5-8-22)33-28(37)20-34-14-11-23(35)19-34/h3-5,7-10,15,25-26,29,31-32,36H,2,6,11-14,16-20H2,1H3,(H,33,37)/t25-,26-,29-/m1/s1. The van der Waals surface area contributed by atoms with Crippen LogP contribution in [-0.4, -0.2) is 65.7 Å². The first kappa shape index (κ1) is 26.8. The number of aliphatic hydroxyl groups is 1. The van der Waals surface area contributed by atoms with Gasteiger partial charge in [-0.2, -0.15) is 0 Å². The number of carbonyl (C=O) groups excluding carboxylic acids is 2.